The van der Waals surface area contributed by atoms with Gasteiger partial charge in [-0.2, -0.15) is 0 Å². The number of nitrogens with zero attached hydrogens (tertiary/aromatic N) is 4. The molecule has 2 aliphatic rings. The van der Waals surface area contributed by atoms with E-state index in [2.05, 4.69) is 15.5 Å². The zero-order chi connectivity index (χ0) is 24.7. The summed E-state index contributed by atoms with van der Waals surface area (Å²) in [7, 11) is 0. The fourth-order valence-electron chi connectivity index (χ4n) is 5.10. The van der Waals surface area contributed by atoms with Gasteiger partial charge >= 0.3 is 0 Å². The summed E-state index contributed by atoms with van der Waals surface area (Å²) in [5.41, 5.74) is 0.937. The van der Waals surface area contributed by atoms with Gasteiger partial charge in [-0.25, -0.2) is 13.5 Å². The van der Waals surface area contributed by atoms with Gasteiger partial charge in [0, 0.05) is 24.0 Å². The van der Waals surface area contributed by atoms with Gasteiger partial charge < -0.3 is 24.6 Å². The van der Waals surface area contributed by atoms with Crippen LogP contribution in [-0.4, -0.2) is 66.5 Å². The number of ether oxygens (including phenoxy) is 1. The van der Waals surface area contributed by atoms with Crippen molar-refractivity contribution in [1.82, 2.24) is 20.2 Å². The molecule has 3 aromatic rings. The molecule has 1 saturated carbocycles. The van der Waals surface area contributed by atoms with E-state index < -0.39 is 48.7 Å². The van der Waals surface area contributed by atoms with Crippen molar-refractivity contribution in [3.63, 3.8) is 0 Å². The van der Waals surface area contributed by atoms with Crippen LogP contribution in [0, 0.1) is 18.6 Å². The van der Waals surface area contributed by atoms with Gasteiger partial charge in [0.2, 0.25) is 0 Å². The lowest BCUT2D eigenvalue weighted by Crippen LogP contribution is -2.48. The lowest BCUT2D eigenvalue weighted by atomic mass is 9.93. The molecule has 9 nitrogen and oxygen atoms in total. The number of benzene rings is 1. The smallest absolute Gasteiger partial charge is 0.168 e. The Morgan fingerprint density at radius 1 is 1.17 bits per heavy atom. The van der Waals surface area contributed by atoms with Crippen LogP contribution in [0.5, 0.6) is 0 Å². The van der Waals surface area contributed by atoms with Crippen LogP contribution in [0.4, 0.5) is 8.78 Å². The van der Waals surface area contributed by atoms with E-state index in [0.29, 0.717) is 24.3 Å². The van der Waals surface area contributed by atoms with E-state index in [4.69, 9.17) is 9.26 Å². The zero-order valence-electron chi connectivity index (χ0n) is 19.2. The fourth-order valence-corrected chi connectivity index (χ4v) is 5.10. The summed E-state index contributed by atoms with van der Waals surface area (Å²) < 4.78 is 41.3. The molecular formula is C24H28F2N4O5. The van der Waals surface area contributed by atoms with E-state index in [0.717, 1.165) is 19.3 Å². The number of hydrogen-bond acceptors (Lipinski definition) is 8. The van der Waals surface area contributed by atoms with Crippen LogP contribution in [0.25, 0.3) is 11.3 Å². The predicted octanol–water partition coefficient (Wildman–Crippen LogP) is 2.44. The van der Waals surface area contributed by atoms with Gasteiger partial charge in [0.1, 0.15) is 23.7 Å². The highest BCUT2D eigenvalue weighted by atomic mass is 19.2. The van der Waals surface area contributed by atoms with Crippen LogP contribution < -0.4 is 0 Å². The third kappa shape index (κ3) is 4.61. The third-order valence-corrected chi connectivity index (χ3v) is 7.09. The first-order chi connectivity index (χ1) is 16.9. The molecule has 1 aliphatic heterocycles. The van der Waals surface area contributed by atoms with Crippen molar-refractivity contribution >= 4 is 0 Å². The van der Waals surface area contributed by atoms with Crippen LogP contribution in [0.2, 0.25) is 0 Å². The SMILES string of the molecule is Cc1ccc(-c2cn([C@H]3C[C@H](Cc4cc(C5CCCC5O)on4)O[C@H](CO)[C@@H]3O)nn2)c(F)c1F. The van der Waals surface area contributed by atoms with E-state index in [9.17, 15) is 24.1 Å². The van der Waals surface area contributed by atoms with Crippen molar-refractivity contribution in [2.24, 2.45) is 0 Å². The minimum Gasteiger partial charge on any atom is -0.394 e. The highest BCUT2D eigenvalue weighted by Crippen LogP contribution is 2.36. The lowest BCUT2D eigenvalue weighted by Gasteiger charge is -2.38. The van der Waals surface area contributed by atoms with E-state index in [-0.39, 0.29) is 22.7 Å². The van der Waals surface area contributed by atoms with Crippen LogP contribution >= 0.6 is 0 Å². The first-order valence-corrected chi connectivity index (χ1v) is 11.8. The predicted molar refractivity (Wildman–Crippen MR) is 118 cm³/mol. The Labute approximate surface area is 200 Å². The Kier molecular flexibility index (Phi) is 6.67. The average molecular weight is 491 g/mol. The molecule has 188 valence electrons. The Morgan fingerprint density at radius 3 is 2.74 bits per heavy atom. The first kappa shape index (κ1) is 24.0. The van der Waals surface area contributed by atoms with Crippen molar-refractivity contribution in [1.29, 1.82) is 0 Å². The average Bonchev–Trinajstić information content (AvgIpc) is 3.60. The summed E-state index contributed by atoms with van der Waals surface area (Å²) in [4.78, 5) is 0. The van der Waals surface area contributed by atoms with E-state index >= 15 is 0 Å². The molecule has 35 heavy (non-hydrogen) atoms. The number of halogens is 2. The number of rotatable bonds is 6. The zero-order valence-corrected chi connectivity index (χ0v) is 19.2. The maximum atomic E-state index is 14.4. The van der Waals surface area contributed by atoms with Gasteiger partial charge in [-0.3, -0.25) is 0 Å². The molecule has 2 unspecified atom stereocenters. The fraction of sp³-hybridized carbons (Fsp3) is 0.542. The normalized spacial score (nSPS) is 29.1. The molecule has 2 aromatic heterocycles. The van der Waals surface area contributed by atoms with Gasteiger partial charge in [0.15, 0.2) is 11.6 Å². The number of aromatic nitrogens is 4. The minimum atomic E-state index is -1.09. The largest absolute Gasteiger partial charge is 0.394 e. The topological polar surface area (TPSA) is 127 Å². The van der Waals surface area contributed by atoms with Gasteiger partial charge in [0.25, 0.3) is 0 Å². The van der Waals surface area contributed by atoms with Crippen molar-refractivity contribution < 1.29 is 33.4 Å². The van der Waals surface area contributed by atoms with Crippen molar-refractivity contribution in [3.8, 4) is 11.3 Å². The van der Waals surface area contributed by atoms with E-state index in [1.165, 1.54) is 29.9 Å². The third-order valence-electron chi connectivity index (χ3n) is 7.09. The van der Waals surface area contributed by atoms with Gasteiger partial charge in [-0.15, -0.1) is 5.10 Å². The van der Waals surface area contributed by atoms with Gasteiger partial charge in [0.05, 0.1) is 36.7 Å². The molecular weight excluding hydrogens is 462 g/mol. The molecule has 0 amide bonds. The highest BCUT2D eigenvalue weighted by Gasteiger charge is 2.40. The molecule has 2 fully saturated rings. The molecule has 6 atom stereocenters. The van der Waals surface area contributed by atoms with Crippen LogP contribution in [0.1, 0.15) is 54.7 Å². The number of aliphatic hydroxyl groups is 3. The number of hydrogen-bond donors (Lipinski definition) is 3. The Hall–Kier alpha value is -2.73. The second-order valence-electron chi connectivity index (χ2n) is 9.44. The quantitative estimate of drug-likeness (QED) is 0.481. The minimum absolute atomic E-state index is 0.0274. The van der Waals surface area contributed by atoms with E-state index in [1.807, 2.05) is 6.07 Å². The highest BCUT2D eigenvalue weighted by molar-refractivity contribution is 5.59. The second-order valence-corrected chi connectivity index (χ2v) is 9.44. The summed E-state index contributed by atoms with van der Waals surface area (Å²) in [5, 5.41) is 42.9. The van der Waals surface area contributed by atoms with E-state index in [1.54, 1.807) is 0 Å². The summed E-state index contributed by atoms with van der Waals surface area (Å²) in [6.07, 6.45) is 1.83. The molecule has 1 saturated heterocycles. The maximum Gasteiger partial charge on any atom is 0.168 e. The van der Waals surface area contributed by atoms with Crippen LogP contribution in [0.3, 0.4) is 0 Å². The molecule has 1 aliphatic carbocycles. The maximum absolute atomic E-state index is 14.4. The molecule has 1 aromatic carbocycles. The number of aliphatic hydroxyl groups excluding tert-OH is 3. The lowest BCUT2D eigenvalue weighted by molar-refractivity contribution is -0.155. The first-order valence-electron chi connectivity index (χ1n) is 11.8. The molecule has 11 heteroatoms. The van der Waals surface area contributed by atoms with Crippen LogP contribution in [-0.2, 0) is 11.2 Å². The molecule has 0 bridgehead atoms. The Morgan fingerprint density at radius 2 is 2.00 bits per heavy atom. The van der Waals surface area contributed by atoms with Gasteiger partial charge in [-0.1, -0.05) is 22.9 Å². The summed E-state index contributed by atoms with van der Waals surface area (Å²) in [6.45, 7) is 1.06. The number of aryl methyl sites for hydroxylation is 1. The Balaban J connectivity index is 1.34. The van der Waals surface area contributed by atoms with Crippen molar-refractivity contribution in [2.75, 3.05) is 6.61 Å². The summed E-state index contributed by atoms with van der Waals surface area (Å²) in [5.74, 6) is -1.38. The molecule has 0 radical (unpaired) electrons. The molecule has 3 N–H and O–H groups in total. The summed E-state index contributed by atoms with van der Waals surface area (Å²) in [6, 6.07) is 4.10. The standard InChI is InChI=1S/C24H28F2N4O5/c1-12-5-6-15(23(26)22(12)25)17-10-30(29-27-17)18-9-14(34-21(11-31)24(18)33)7-13-8-20(35-28-13)16-3-2-4-19(16)32/h5-6,8,10,14,16,18-19,21,24,31-33H,2-4,7,9,11H2,1H3/t14-,16?,18-,19?,21+,24+/m0/s1. The van der Waals surface area contributed by atoms with Crippen LogP contribution in [0.15, 0.2) is 28.9 Å². The molecule has 0 spiro atoms. The van der Waals surface area contributed by atoms with Gasteiger partial charge in [-0.05, 0) is 37.8 Å². The molecule has 5 rings (SSSR count). The van der Waals surface area contributed by atoms with Crippen molar-refractivity contribution in [2.45, 2.75) is 75.4 Å². The monoisotopic (exact) mass is 490 g/mol. The summed E-state index contributed by atoms with van der Waals surface area (Å²) >= 11 is 0. The second kappa shape index (κ2) is 9.73. The van der Waals surface area contributed by atoms with Crippen molar-refractivity contribution in [3.05, 3.63) is 53.0 Å². The molecule has 3 heterocycles. The Bertz CT molecular complexity index is 1180.